The Morgan fingerprint density at radius 2 is 2.36 bits per heavy atom. The lowest BCUT2D eigenvalue weighted by Crippen LogP contribution is -2.28. The van der Waals surface area contributed by atoms with Crippen molar-refractivity contribution in [2.75, 3.05) is 13.1 Å². The molecule has 116 valence electrons. The Balaban J connectivity index is 1.52. The lowest BCUT2D eigenvalue weighted by Gasteiger charge is -2.24. The van der Waals surface area contributed by atoms with Gasteiger partial charge in [-0.25, -0.2) is 4.39 Å². The summed E-state index contributed by atoms with van der Waals surface area (Å²) < 4.78 is 18.7. The monoisotopic (exact) mass is 301 g/mol. The van der Waals surface area contributed by atoms with Crippen LogP contribution in [0.1, 0.15) is 38.6 Å². The summed E-state index contributed by atoms with van der Waals surface area (Å²) in [6.45, 7) is 6.62. The maximum Gasteiger partial charge on any atom is 0.244 e. The number of rotatable bonds is 4. The van der Waals surface area contributed by atoms with Gasteiger partial charge in [-0.2, -0.15) is 4.98 Å². The van der Waals surface area contributed by atoms with E-state index in [1.54, 1.807) is 12.1 Å². The van der Waals surface area contributed by atoms with Crippen molar-refractivity contribution < 1.29 is 8.91 Å². The molecule has 4 rings (SSSR count). The quantitative estimate of drug-likeness (QED) is 0.864. The zero-order valence-corrected chi connectivity index (χ0v) is 12.9. The third-order valence-electron chi connectivity index (χ3n) is 5.47. The number of fused-ring (bicyclic) bond motifs is 1. The first-order valence-corrected chi connectivity index (χ1v) is 7.95. The predicted octanol–water partition coefficient (Wildman–Crippen LogP) is 3.67. The second-order valence-corrected chi connectivity index (χ2v) is 6.69. The van der Waals surface area contributed by atoms with E-state index >= 15 is 0 Å². The van der Waals surface area contributed by atoms with Crippen LogP contribution in [-0.2, 0) is 0 Å². The van der Waals surface area contributed by atoms with Gasteiger partial charge in [-0.3, -0.25) is 4.90 Å². The summed E-state index contributed by atoms with van der Waals surface area (Å²) in [7, 11) is 0. The summed E-state index contributed by atoms with van der Waals surface area (Å²) in [5.74, 6) is 1.62. The van der Waals surface area contributed by atoms with Crippen molar-refractivity contribution in [1.29, 1.82) is 0 Å². The largest absolute Gasteiger partial charge is 0.337 e. The summed E-state index contributed by atoms with van der Waals surface area (Å²) in [6, 6.07) is 6.40. The lowest BCUT2D eigenvalue weighted by atomic mass is 10.0. The Hall–Kier alpha value is -1.75. The van der Waals surface area contributed by atoms with Crippen LogP contribution in [0.5, 0.6) is 0 Å². The van der Waals surface area contributed by atoms with Crippen molar-refractivity contribution in [1.82, 2.24) is 15.0 Å². The van der Waals surface area contributed by atoms with Gasteiger partial charge in [0.15, 0.2) is 0 Å². The fourth-order valence-corrected chi connectivity index (χ4v) is 3.78. The van der Waals surface area contributed by atoms with E-state index in [1.807, 2.05) is 0 Å². The van der Waals surface area contributed by atoms with Gasteiger partial charge in [0.2, 0.25) is 11.7 Å². The lowest BCUT2D eigenvalue weighted by molar-refractivity contribution is 0.179. The molecule has 2 aliphatic rings. The molecule has 0 radical (unpaired) electrons. The van der Waals surface area contributed by atoms with Crippen molar-refractivity contribution in [2.45, 2.75) is 32.7 Å². The minimum Gasteiger partial charge on any atom is -0.337 e. The normalized spacial score (nSPS) is 28.6. The highest BCUT2D eigenvalue weighted by Crippen LogP contribution is 2.60. The zero-order chi connectivity index (χ0) is 15.3. The fourth-order valence-electron chi connectivity index (χ4n) is 3.78. The zero-order valence-electron chi connectivity index (χ0n) is 12.9. The Bertz CT molecular complexity index is 697. The summed E-state index contributed by atoms with van der Waals surface area (Å²) in [6.07, 6.45) is 2.62. The van der Waals surface area contributed by atoms with E-state index in [1.165, 1.54) is 25.0 Å². The highest BCUT2D eigenvalue weighted by Gasteiger charge is 2.59. The van der Waals surface area contributed by atoms with Gasteiger partial charge in [0.25, 0.3) is 0 Å². The Morgan fingerprint density at radius 1 is 1.50 bits per heavy atom. The first-order valence-electron chi connectivity index (χ1n) is 7.95. The molecule has 0 spiro atoms. The van der Waals surface area contributed by atoms with E-state index in [0.717, 1.165) is 19.0 Å². The van der Waals surface area contributed by atoms with Crippen molar-refractivity contribution >= 4 is 0 Å². The van der Waals surface area contributed by atoms with Crippen molar-refractivity contribution in [3.63, 3.8) is 0 Å². The molecule has 1 saturated heterocycles. The van der Waals surface area contributed by atoms with Gasteiger partial charge in [-0.1, -0.05) is 24.2 Å². The highest BCUT2D eigenvalue weighted by atomic mass is 19.1. The standard InChI is InChI=1S/C17H20FN3O/c1-3-17-8-13(17)9-21(10-17)11(2)16-19-15(20-22-16)12-5-4-6-14(18)7-12/h4-7,11,13H,3,8-10H2,1-2H3/t11?,13-,17+/m0/s1. The number of hydrogen-bond donors (Lipinski definition) is 0. The summed E-state index contributed by atoms with van der Waals surface area (Å²) in [5, 5.41) is 4.01. The van der Waals surface area contributed by atoms with Gasteiger partial charge in [0, 0.05) is 18.7 Å². The van der Waals surface area contributed by atoms with Gasteiger partial charge in [-0.15, -0.1) is 0 Å². The van der Waals surface area contributed by atoms with Gasteiger partial charge < -0.3 is 4.52 Å². The van der Waals surface area contributed by atoms with Gasteiger partial charge in [-0.05, 0) is 43.2 Å². The topological polar surface area (TPSA) is 42.2 Å². The molecule has 0 bridgehead atoms. The molecule has 1 aliphatic carbocycles. The molecule has 0 amide bonds. The van der Waals surface area contributed by atoms with E-state index in [0.29, 0.717) is 22.7 Å². The van der Waals surface area contributed by atoms with Crippen molar-refractivity contribution in [2.24, 2.45) is 11.3 Å². The molecule has 3 atom stereocenters. The first-order chi connectivity index (χ1) is 10.6. The number of hydrogen-bond acceptors (Lipinski definition) is 4. The number of likely N-dealkylation sites (tertiary alicyclic amines) is 1. The average Bonchev–Trinajstić information content (AvgIpc) is 2.92. The number of aromatic nitrogens is 2. The molecule has 2 aromatic rings. The molecule has 4 nitrogen and oxygen atoms in total. The van der Waals surface area contributed by atoms with Crippen LogP contribution < -0.4 is 0 Å². The van der Waals surface area contributed by atoms with Crippen molar-refractivity contribution in [3.05, 3.63) is 36.0 Å². The van der Waals surface area contributed by atoms with Crippen LogP contribution in [0.4, 0.5) is 4.39 Å². The number of halogens is 1. The van der Waals surface area contributed by atoms with Crippen LogP contribution in [0.25, 0.3) is 11.4 Å². The van der Waals surface area contributed by atoms with Crippen LogP contribution in [-0.4, -0.2) is 28.1 Å². The van der Waals surface area contributed by atoms with Crippen molar-refractivity contribution in [3.8, 4) is 11.4 Å². The predicted molar refractivity (Wildman–Crippen MR) is 80.5 cm³/mol. The molecule has 1 aliphatic heterocycles. The third-order valence-corrected chi connectivity index (χ3v) is 5.47. The molecule has 1 saturated carbocycles. The Kier molecular flexibility index (Phi) is 3.08. The summed E-state index contributed by atoms with van der Waals surface area (Å²) >= 11 is 0. The average molecular weight is 301 g/mol. The molecule has 1 unspecified atom stereocenters. The van der Waals surface area contributed by atoms with Crippen LogP contribution in [0.2, 0.25) is 0 Å². The molecule has 2 fully saturated rings. The molecule has 5 heteroatoms. The number of piperidine rings is 1. The minimum atomic E-state index is -0.290. The summed E-state index contributed by atoms with van der Waals surface area (Å²) in [5.41, 5.74) is 1.19. The van der Waals surface area contributed by atoms with E-state index in [9.17, 15) is 4.39 Å². The first kappa shape index (κ1) is 13.9. The fraction of sp³-hybridized carbons (Fsp3) is 0.529. The molecule has 1 aromatic carbocycles. The van der Waals surface area contributed by atoms with Gasteiger partial charge >= 0.3 is 0 Å². The SMILES string of the molecule is CC[C@]12C[C@H]1CN(C(C)c1nc(-c3cccc(F)c3)no1)C2. The third kappa shape index (κ3) is 2.15. The molecule has 2 heterocycles. The van der Waals surface area contributed by atoms with Gasteiger partial charge in [0.1, 0.15) is 5.82 Å². The van der Waals surface area contributed by atoms with Crippen LogP contribution in [0.15, 0.2) is 28.8 Å². The van der Waals surface area contributed by atoms with E-state index in [4.69, 9.17) is 4.52 Å². The maximum absolute atomic E-state index is 13.3. The second-order valence-electron chi connectivity index (χ2n) is 6.69. The van der Waals surface area contributed by atoms with E-state index in [-0.39, 0.29) is 11.9 Å². The van der Waals surface area contributed by atoms with Gasteiger partial charge in [0.05, 0.1) is 6.04 Å². The minimum absolute atomic E-state index is 0.117. The highest BCUT2D eigenvalue weighted by molar-refractivity contribution is 5.53. The van der Waals surface area contributed by atoms with Crippen LogP contribution >= 0.6 is 0 Å². The Labute approximate surface area is 129 Å². The van der Waals surface area contributed by atoms with Crippen LogP contribution in [0.3, 0.4) is 0 Å². The second kappa shape index (κ2) is 4.88. The molecular formula is C17H20FN3O. The number of benzene rings is 1. The van der Waals surface area contributed by atoms with E-state index < -0.39 is 0 Å². The summed E-state index contributed by atoms with van der Waals surface area (Å²) in [4.78, 5) is 6.90. The number of nitrogens with zero attached hydrogens (tertiary/aromatic N) is 3. The smallest absolute Gasteiger partial charge is 0.244 e. The molecular weight excluding hydrogens is 281 g/mol. The molecule has 1 aromatic heterocycles. The Morgan fingerprint density at radius 3 is 3.09 bits per heavy atom. The van der Waals surface area contributed by atoms with Crippen LogP contribution in [0, 0.1) is 17.2 Å². The van der Waals surface area contributed by atoms with E-state index in [2.05, 4.69) is 28.9 Å². The maximum atomic E-state index is 13.3. The molecule has 0 N–H and O–H groups in total. The molecule has 22 heavy (non-hydrogen) atoms.